The number of benzene rings is 1. The zero-order valence-corrected chi connectivity index (χ0v) is 12.5. The monoisotopic (exact) mass is 297 g/mol. The van der Waals surface area contributed by atoms with E-state index in [4.69, 9.17) is 10.5 Å². The second kappa shape index (κ2) is 6.05. The van der Waals surface area contributed by atoms with Crippen molar-refractivity contribution >= 4 is 11.6 Å². The predicted molar refractivity (Wildman–Crippen MR) is 84.6 cm³/mol. The number of pyridine rings is 1. The first-order valence-electron chi connectivity index (χ1n) is 7.34. The molecular formula is C17H19N3O2. The predicted octanol–water partition coefficient (Wildman–Crippen LogP) is 2.55. The molecule has 1 aliphatic carbocycles. The van der Waals surface area contributed by atoms with Crippen LogP contribution in [0.5, 0.6) is 5.75 Å². The van der Waals surface area contributed by atoms with Gasteiger partial charge < -0.3 is 15.8 Å². The third kappa shape index (κ3) is 3.03. The van der Waals surface area contributed by atoms with Gasteiger partial charge in [0.15, 0.2) is 0 Å². The number of ether oxygens (including phenoxy) is 1. The van der Waals surface area contributed by atoms with Crippen LogP contribution in [0.25, 0.3) is 0 Å². The Balaban J connectivity index is 1.83. The summed E-state index contributed by atoms with van der Waals surface area (Å²) >= 11 is 0. The first-order valence-corrected chi connectivity index (χ1v) is 7.34. The van der Waals surface area contributed by atoms with Gasteiger partial charge in [0.2, 0.25) is 0 Å². The van der Waals surface area contributed by atoms with E-state index in [1.54, 1.807) is 31.5 Å². The lowest BCUT2D eigenvalue weighted by Crippen LogP contribution is -2.31. The number of nitrogens with zero attached hydrogens (tertiary/aromatic N) is 1. The molecule has 1 aliphatic rings. The van der Waals surface area contributed by atoms with E-state index in [1.165, 1.54) is 0 Å². The summed E-state index contributed by atoms with van der Waals surface area (Å²) in [5, 5.41) is 3.07. The first-order chi connectivity index (χ1) is 10.7. The summed E-state index contributed by atoms with van der Waals surface area (Å²) in [6.45, 7) is 0. The third-order valence-corrected chi connectivity index (χ3v) is 3.89. The molecule has 1 amide bonds. The topological polar surface area (TPSA) is 77.2 Å². The first kappa shape index (κ1) is 14.4. The summed E-state index contributed by atoms with van der Waals surface area (Å²) in [4.78, 5) is 16.9. The number of aromatic nitrogens is 1. The van der Waals surface area contributed by atoms with E-state index >= 15 is 0 Å². The number of nitrogens with two attached hydrogens (primary N) is 1. The van der Waals surface area contributed by atoms with Crippen molar-refractivity contribution in [3.63, 3.8) is 0 Å². The van der Waals surface area contributed by atoms with Gasteiger partial charge in [-0.2, -0.15) is 0 Å². The van der Waals surface area contributed by atoms with Crippen LogP contribution in [0.4, 0.5) is 5.69 Å². The summed E-state index contributed by atoms with van der Waals surface area (Å²) in [5.41, 5.74) is 7.68. The van der Waals surface area contributed by atoms with Crippen molar-refractivity contribution in [1.29, 1.82) is 0 Å². The highest BCUT2D eigenvalue weighted by atomic mass is 16.5. The minimum atomic E-state index is -0.195. The molecule has 1 fully saturated rings. The number of rotatable bonds is 5. The Kier molecular flexibility index (Phi) is 3.96. The molecular weight excluding hydrogens is 278 g/mol. The fourth-order valence-corrected chi connectivity index (χ4v) is 2.50. The molecule has 0 bridgehead atoms. The minimum Gasteiger partial charge on any atom is -0.497 e. The summed E-state index contributed by atoms with van der Waals surface area (Å²) in [5.74, 6) is 0.866. The molecule has 3 N–H and O–H groups in total. The van der Waals surface area contributed by atoms with E-state index in [2.05, 4.69) is 10.3 Å². The molecule has 5 nitrogen and oxygen atoms in total. The molecule has 0 aliphatic heterocycles. The smallest absolute Gasteiger partial charge is 0.254 e. The average Bonchev–Trinajstić information content (AvgIpc) is 3.38. The normalized spacial score (nSPS) is 15.1. The van der Waals surface area contributed by atoms with E-state index in [1.807, 2.05) is 18.2 Å². The zero-order valence-electron chi connectivity index (χ0n) is 12.5. The maximum atomic E-state index is 12.6. The molecule has 3 rings (SSSR count). The van der Waals surface area contributed by atoms with Gasteiger partial charge in [-0.05, 0) is 49.1 Å². The molecule has 1 atom stereocenters. The molecule has 1 saturated carbocycles. The SMILES string of the molecule is COc1ccc(N)c(C(=O)NC(c2ccccn2)C2CC2)c1. The van der Waals surface area contributed by atoms with Crippen LogP contribution in [0.3, 0.4) is 0 Å². The lowest BCUT2D eigenvalue weighted by atomic mass is 10.1. The molecule has 1 aromatic carbocycles. The lowest BCUT2D eigenvalue weighted by Gasteiger charge is -2.18. The van der Waals surface area contributed by atoms with E-state index in [0.717, 1.165) is 18.5 Å². The number of nitrogen functional groups attached to an aromatic ring is 1. The number of amides is 1. The van der Waals surface area contributed by atoms with E-state index < -0.39 is 0 Å². The highest BCUT2D eigenvalue weighted by Gasteiger charge is 2.34. The second-order valence-electron chi connectivity index (χ2n) is 5.50. The minimum absolute atomic E-state index is 0.0701. The van der Waals surface area contributed by atoms with E-state index in [0.29, 0.717) is 22.9 Å². The van der Waals surface area contributed by atoms with Crippen LogP contribution in [0.2, 0.25) is 0 Å². The Morgan fingerprint density at radius 1 is 1.36 bits per heavy atom. The molecule has 0 radical (unpaired) electrons. The van der Waals surface area contributed by atoms with Gasteiger partial charge in [0.05, 0.1) is 24.4 Å². The molecule has 2 aromatic rings. The van der Waals surface area contributed by atoms with Crippen LogP contribution in [-0.4, -0.2) is 18.0 Å². The van der Waals surface area contributed by atoms with Crippen molar-refractivity contribution in [2.45, 2.75) is 18.9 Å². The van der Waals surface area contributed by atoms with Gasteiger partial charge in [0.25, 0.3) is 5.91 Å². The third-order valence-electron chi connectivity index (χ3n) is 3.89. The molecule has 1 heterocycles. The van der Waals surface area contributed by atoms with Crippen molar-refractivity contribution in [2.75, 3.05) is 12.8 Å². The number of carbonyl (C=O) groups is 1. The van der Waals surface area contributed by atoms with Crippen molar-refractivity contribution in [1.82, 2.24) is 10.3 Å². The van der Waals surface area contributed by atoms with Crippen LogP contribution in [-0.2, 0) is 0 Å². The van der Waals surface area contributed by atoms with Gasteiger partial charge in [-0.15, -0.1) is 0 Å². The molecule has 5 heteroatoms. The Labute approximate surface area is 129 Å². The molecule has 1 aromatic heterocycles. The number of nitrogens with one attached hydrogen (secondary N) is 1. The van der Waals surface area contributed by atoms with Crippen LogP contribution < -0.4 is 15.8 Å². The molecule has 1 unspecified atom stereocenters. The number of anilines is 1. The standard InChI is InChI=1S/C17H19N3O2/c1-22-12-7-8-14(18)13(10-12)17(21)20-16(11-5-6-11)15-4-2-3-9-19-15/h2-4,7-11,16H,5-6,18H2,1H3,(H,20,21). The van der Waals surface area contributed by atoms with Gasteiger partial charge in [0, 0.05) is 11.9 Å². The largest absolute Gasteiger partial charge is 0.497 e. The van der Waals surface area contributed by atoms with Crippen molar-refractivity contribution in [2.24, 2.45) is 5.92 Å². The highest BCUT2D eigenvalue weighted by molar-refractivity contribution is 5.99. The van der Waals surface area contributed by atoms with Crippen molar-refractivity contribution in [3.05, 3.63) is 53.9 Å². The molecule has 0 spiro atoms. The maximum Gasteiger partial charge on any atom is 0.254 e. The quantitative estimate of drug-likeness (QED) is 0.831. The van der Waals surface area contributed by atoms with Crippen LogP contribution in [0.1, 0.15) is 34.9 Å². The Morgan fingerprint density at radius 3 is 2.82 bits per heavy atom. The average molecular weight is 297 g/mol. The molecule has 0 saturated heterocycles. The molecule has 22 heavy (non-hydrogen) atoms. The number of hydrogen-bond acceptors (Lipinski definition) is 4. The number of hydrogen-bond donors (Lipinski definition) is 2. The van der Waals surface area contributed by atoms with Gasteiger partial charge in [-0.3, -0.25) is 9.78 Å². The van der Waals surface area contributed by atoms with Gasteiger partial charge in [0.1, 0.15) is 5.75 Å². The van der Waals surface area contributed by atoms with Crippen LogP contribution in [0, 0.1) is 5.92 Å². The summed E-state index contributed by atoms with van der Waals surface area (Å²) in [7, 11) is 1.56. The molecule has 114 valence electrons. The van der Waals surface area contributed by atoms with Crippen LogP contribution in [0.15, 0.2) is 42.6 Å². The Morgan fingerprint density at radius 2 is 2.18 bits per heavy atom. The van der Waals surface area contributed by atoms with Crippen molar-refractivity contribution in [3.8, 4) is 5.75 Å². The van der Waals surface area contributed by atoms with E-state index in [-0.39, 0.29) is 11.9 Å². The fraction of sp³-hybridized carbons (Fsp3) is 0.294. The summed E-state index contributed by atoms with van der Waals surface area (Å²) < 4.78 is 5.16. The van der Waals surface area contributed by atoms with E-state index in [9.17, 15) is 4.79 Å². The fourth-order valence-electron chi connectivity index (χ4n) is 2.50. The van der Waals surface area contributed by atoms with Gasteiger partial charge >= 0.3 is 0 Å². The van der Waals surface area contributed by atoms with Crippen molar-refractivity contribution < 1.29 is 9.53 Å². The summed E-state index contributed by atoms with van der Waals surface area (Å²) in [6, 6.07) is 10.8. The highest BCUT2D eigenvalue weighted by Crippen LogP contribution is 2.40. The lowest BCUT2D eigenvalue weighted by molar-refractivity contribution is 0.0931. The summed E-state index contributed by atoms with van der Waals surface area (Å²) in [6.07, 6.45) is 3.96. The Hall–Kier alpha value is -2.56. The van der Waals surface area contributed by atoms with Gasteiger partial charge in [-0.1, -0.05) is 6.07 Å². The maximum absolute atomic E-state index is 12.6. The number of methoxy groups -OCH3 is 1. The zero-order chi connectivity index (χ0) is 15.5. The second-order valence-corrected chi connectivity index (χ2v) is 5.50. The van der Waals surface area contributed by atoms with Crippen LogP contribution >= 0.6 is 0 Å². The van der Waals surface area contributed by atoms with Gasteiger partial charge in [-0.25, -0.2) is 0 Å². The Bertz CT molecular complexity index is 669. The number of carbonyl (C=O) groups excluding carboxylic acids is 1.